The van der Waals surface area contributed by atoms with Crippen LogP contribution in [-0.2, 0) is 12.6 Å². The molecule has 0 heterocycles. The fraction of sp³-hybridized carbons (Fsp3) is 0.538. The van der Waals surface area contributed by atoms with Gasteiger partial charge < -0.3 is 10.5 Å². The van der Waals surface area contributed by atoms with E-state index in [2.05, 4.69) is 0 Å². The number of hydrogen-bond acceptors (Lipinski definition) is 3. The second-order valence-corrected chi connectivity index (χ2v) is 5.08. The minimum absolute atomic E-state index is 0.0830. The molecule has 2 N–H and O–H groups in total. The van der Waals surface area contributed by atoms with Gasteiger partial charge in [-0.15, -0.1) is 11.8 Å². The highest BCUT2D eigenvalue weighted by atomic mass is 32.2. The zero-order valence-electron chi connectivity index (χ0n) is 11.2. The third-order valence-electron chi connectivity index (χ3n) is 2.91. The molecule has 1 aromatic carbocycles. The molecule has 0 saturated carbocycles. The largest absolute Gasteiger partial charge is 0.496 e. The minimum atomic E-state index is -4.38. The van der Waals surface area contributed by atoms with Crippen LogP contribution in [0.5, 0.6) is 5.75 Å². The number of alkyl halides is 3. The van der Waals surface area contributed by atoms with E-state index in [0.29, 0.717) is 12.0 Å². The summed E-state index contributed by atoms with van der Waals surface area (Å²) < 4.78 is 43.8. The van der Waals surface area contributed by atoms with E-state index < -0.39 is 11.7 Å². The highest BCUT2D eigenvalue weighted by Crippen LogP contribution is 2.40. The van der Waals surface area contributed by atoms with Crippen molar-refractivity contribution in [3.05, 3.63) is 23.3 Å². The third-order valence-corrected chi connectivity index (χ3v) is 3.69. The molecule has 0 saturated heterocycles. The second kappa shape index (κ2) is 6.52. The first-order chi connectivity index (χ1) is 8.83. The van der Waals surface area contributed by atoms with Crippen molar-refractivity contribution in [2.45, 2.75) is 36.9 Å². The van der Waals surface area contributed by atoms with Crippen molar-refractivity contribution >= 4 is 11.8 Å². The second-order valence-electron chi connectivity index (χ2n) is 4.23. The van der Waals surface area contributed by atoms with Crippen molar-refractivity contribution in [2.75, 3.05) is 13.4 Å². The lowest BCUT2D eigenvalue weighted by Gasteiger charge is -2.18. The van der Waals surface area contributed by atoms with Crippen LogP contribution in [0.15, 0.2) is 17.0 Å². The van der Waals surface area contributed by atoms with Crippen LogP contribution in [0.25, 0.3) is 0 Å². The van der Waals surface area contributed by atoms with Crippen molar-refractivity contribution in [3.63, 3.8) is 0 Å². The van der Waals surface area contributed by atoms with Crippen LogP contribution in [0, 0.1) is 0 Å². The van der Waals surface area contributed by atoms with Gasteiger partial charge in [-0.3, -0.25) is 0 Å². The molecule has 1 rings (SSSR count). The van der Waals surface area contributed by atoms with Crippen LogP contribution >= 0.6 is 11.8 Å². The summed E-state index contributed by atoms with van der Waals surface area (Å²) in [6.07, 6.45) is -1.48. The van der Waals surface area contributed by atoms with Gasteiger partial charge in [0.25, 0.3) is 0 Å². The van der Waals surface area contributed by atoms with Gasteiger partial charge in [0.2, 0.25) is 0 Å². The lowest BCUT2D eigenvalue weighted by Crippen LogP contribution is -2.22. The fourth-order valence-corrected chi connectivity index (χ4v) is 2.42. The number of thioether (sulfide) groups is 1. The molecule has 0 spiro atoms. The lowest BCUT2D eigenvalue weighted by molar-refractivity contribution is -0.139. The third kappa shape index (κ3) is 4.04. The van der Waals surface area contributed by atoms with Crippen LogP contribution < -0.4 is 10.5 Å². The van der Waals surface area contributed by atoms with Gasteiger partial charge in [0, 0.05) is 10.9 Å². The fourth-order valence-electron chi connectivity index (χ4n) is 1.77. The highest BCUT2D eigenvalue weighted by Gasteiger charge is 2.34. The zero-order chi connectivity index (χ0) is 14.6. The Bertz CT molecular complexity index is 435. The van der Waals surface area contributed by atoms with Gasteiger partial charge in [-0.25, -0.2) is 0 Å². The van der Waals surface area contributed by atoms with E-state index >= 15 is 0 Å². The van der Waals surface area contributed by atoms with E-state index in [1.807, 2.05) is 6.92 Å². The zero-order valence-corrected chi connectivity index (χ0v) is 12.0. The molecule has 6 heteroatoms. The van der Waals surface area contributed by atoms with Gasteiger partial charge in [-0.2, -0.15) is 13.2 Å². The number of hydrogen-bond donors (Lipinski definition) is 1. The Kier molecular flexibility index (Phi) is 5.55. The molecular formula is C13H18F3NOS. The minimum Gasteiger partial charge on any atom is -0.496 e. The van der Waals surface area contributed by atoms with Crippen molar-refractivity contribution in [3.8, 4) is 5.75 Å². The monoisotopic (exact) mass is 293 g/mol. The van der Waals surface area contributed by atoms with E-state index in [0.717, 1.165) is 24.2 Å². The summed E-state index contributed by atoms with van der Waals surface area (Å²) in [6, 6.07) is 2.51. The maximum absolute atomic E-state index is 12.9. The molecule has 1 unspecified atom stereocenters. The Morgan fingerprint density at radius 2 is 2.00 bits per heavy atom. The molecule has 1 atom stereocenters. The number of methoxy groups -OCH3 is 1. The Balaban J connectivity index is 3.27. The number of nitrogens with two attached hydrogens (primary N) is 1. The van der Waals surface area contributed by atoms with Crippen molar-refractivity contribution in [1.29, 1.82) is 0 Å². The summed E-state index contributed by atoms with van der Waals surface area (Å²) in [6.45, 7) is 1.94. The molecule has 0 aliphatic carbocycles. The molecule has 0 aliphatic heterocycles. The summed E-state index contributed by atoms with van der Waals surface area (Å²) >= 11 is 1.07. The van der Waals surface area contributed by atoms with Crippen LogP contribution in [0.2, 0.25) is 0 Å². The van der Waals surface area contributed by atoms with Crippen LogP contribution in [0.4, 0.5) is 13.2 Å². The molecular weight excluding hydrogens is 275 g/mol. The summed E-state index contributed by atoms with van der Waals surface area (Å²) in [5, 5.41) is 0. The quantitative estimate of drug-likeness (QED) is 0.840. The predicted molar refractivity (Wildman–Crippen MR) is 71.7 cm³/mol. The van der Waals surface area contributed by atoms with Gasteiger partial charge in [0.05, 0.1) is 12.7 Å². The van der Waals surface area contributed by atoms with Crippen LogP contribution in [0.3, 0.4) is 0 Å². The molecule has 0 aromatic heterocycles. The van der Waals surface area contributed by atoms with Gasteiger partial charge in [-0.05, 0) is 36.8 Å². The first kappa shape index (κ1) is 16.2. The average molecular weight is 293 g/mol. The summed E-state index contributed by atoms with van der Waals surface area (Å²) in [5.41, 5.74) is 5.91. The summed E-state index contributed by atoms with van der Waals surface area (Å²) in [4.78, 5) is 0.201. The van der Waals surface area contributed by atoms with E-state index in [4.69, 9.17) is 10.5 Å². The van der Waals surface area contributed by atoms with Crippen LogP contribution in [-0.4, -0.2) is 19.4 Å². The standard InChI is InChI=1S/C13H18F3NOS/c1-4-9(17)5-8-6-12(19-3)10(13(14,15)16)7-11(8)18-2/h6-7,9H,4-5,17H2,1-3H3. The van der Waals surface area contributed by atoms with Gasteiger partial charge in [-0.1, -0.05) is 6.92 Å². The molecule has 19 heavy (non-hydrogen) atoms. The smallest absolute Gasteiger partial charge is 0.417 e. The average Bonchev–Trinajstić information content (AvgIpc) is 2.36. The Morgan fingerprint density at radius 3 is 2.42 bits per heavy atom. The lowest BCUT2D eigenvalue weighted by atomic mass is 10.0. The van der Waals surface area contributed by atoms with E-state index in [1.54, 1.807) is 6.26 Å². The number of benzene rings is 1. The van der Waals surface area contributed by atoms with E-state index in [9.17, 15) is 13.2 Å². The molecule has 0 bridgehead atoms. The first-order valence-electron chi connectivity index (χ1n) is 5.91. The highest BCUT2D eigenvalue weighted by molar-refractivity contribution is 7.98. The maximum Gasteiger partial charge on any atom is 0.417 e. The molecule has 2 nitrogen and oxygen atoms in total. The Labute approximate surface area is 115 Å². The molecule has 0 aliphatic rings. The number of halogens is 3. The summed E-state index contributed by atoms with van der Waals surface area (Å²) in [5.74, 6) is 0.244. The Hall–Kier alpha value is -0.880. The SMILES string of the molecule is CCC(N)Cc1cc(SC)c(C(F)(F)F)cc1OC. The number of rotatable bonds is 5. The van der Waals surface area contributed by atoms with Gasteiger partial charge >= 0.3 is 6.18 Å². The Morgan fingerprint density at radius 1 is 1.37 bits per heavy atom. The van der Waals surface area contributed by atoms with E-state index in [1.165, 1.54) is 13.2 Å². The van der Waals surface area contributed by atoms with Crippen molar-refractivity contribution in [1.82, 2.24) is 0 Å². The molecule has 0 amide bonds. The summed E-state index contributed by atoms with van der Waals surface area (Å²) in [7, 11) is 1.37. The topological polar surface area (TPSA) is 35.2 Å². The predicted octanol–water partition coefficient (Wildman–Crippen LogP) is 3.72. The van der Waals surface area contributed by atoms with Crippen molar-refractivity contribution < 1.29 is 17.9 Å². The molecule has 0 radical (unpaired) electrons. The molecule has 1 aromatic rings. The van der Waals surface area contributed by atoms with Gasteiger partial charge in [0.1, 0.15) is 5.75 Å². The van der Waals surface area contributed by atoms with Crippen molar-refractivity contribution in [2.24, 2.45) is 5.73 Å². The number of ether oxygens (including phenoxy) is 1. The van der Waals surface area contributed by atoms with Gasteiger partial charge in [0.15, 0.2) is 0 Å². The molecule has 0 fully saturated rings. The first-order valence-corrected chi connectivity index (χ1v) is 7.13. The van der Waals surface area contributed by atoms with Crippen LogP contribution in [0.1, 0.15) is 24.5 Å². The maximum atomic E-state index is 12.9. The molecule has 108 valence electrons. The normalized spacial score (nSPS) is 13.4. The van der Waals surface area contributed by atoms with E-state index in [-0.39, 0.29) is 16.7 Å².